The largest absolute Gasteiger partial charge is 0.479 e. The lowest BCUT2D eigenvalue weighted by molar-refractivity contribution is -0.151. The molecule has 15 heavy (non-hydrogen) atoms. The normalized spacial score (nSPS) is 25.1. The molecule has 2 N–H and O–H groups in total. The maximum atomic E-state index is 11.5. The molecule has 0 spiro atoms. The summed E-state index contributed by atoms with van der Waals surface area (Å²) in [6.07, 6.45) is 1.47. The van der Waals surface area contributed by atoms with Crippen LogP contribution in [-0.4, -0.2) is 35.7 Å². The van der Waals surface area contributed by atoms with E-state index < -0.39 is 18.2 Å². The van der Waals surface area contributed by atoms with Crippen LogP contribution in [0.25, 0.3) is 0 Å². The fourth-order valence-electron chi connectivity index (χ4n) is 1.51. The van der Waals surface area contributed by atoms with E-state index in [4.69, 9.17) is 9.84 Å². The van der Waals surface area contributed by atoms with E-state index in [2.05, 4.69) is 5.32 Å². The minimum atomic E-state index is -0.987. The van der Waals surface area contributed by atoms with Crippen LogP contribution in [-0.2, 0) is 14.3 Å². The van der Waals surface area contributed by atoms with Crippen LogP contribution in [0.1, 0.15) is 32.6 Å². The van der Waals surface area contributed by atoms with Crippen LogP contribution in [0, 0.1) is 0 Å². The van der Waals surface area contributed by atoms with E-state index >= 15 is 0 Å². The molecule has 0 aliphatic carbocycles. The minimum Gasteiger partial charge on any atom is -0.479 e. The van der Waals surface area contributed by atoms with Crippen molar-refractivity contribution in [1.29, 1.82) is 0 Å². The molecule has 0 aromatic heterocycles. The number of hydrogen-bond acceptors (Lipinski definition) is 3. The number of amides is 1. The molecule has 5 heteroatoms. The monoisotopic (exact) mass is 215 g/mol. The topological polar surface area (TPSA) is 75.6 Å². The summed E-state index contributed by atoms with van der Waals surface area (Å²) < 4.78 is 5.10. The number of hydrogen-bond donors (Lipinski definition) is 2. The number of carboxylic acid groups (broad SMARTS) is 1. The second-order valence-corrected chi connectivity index (χ2v) is 3.67. The highest BCUT2D eigenvalue weighted by Crippen LogP contribution is 2.19. The summed E-state index contributed by atoms with van der Waals surface area (Å²) in [6.45, 7) is 2.67. The van der Waals surface area contributed by atoms with Gasteiger partial charge in [-0.1, -0.05) is 13.3 Å². The van der Waals surface area contributed by atoms with Gasteiger partial charge in [-0.25, -0.2) is 4.79 Å². The first-order valence-electron chi connectivity index (χ1n) is 5.31. The number of unbranched alkanes of at least 4 members (excludes halogenated alkanes) is 1. The van der Waals surface area contributed by atoms with E-state index in [0.29, 0.717) is 19.4 Å². The highest BCUT2D eigenvalue weighted by molar-refractivity contribution is 5.82. The number of ether oxygens (including phenoxy) is 1. The maximum absolute atomic E-state index is 11.5. The summed E-state index contributed by atoms with van der Waals surface area (Å²) in [4.78, 5) is 22.0. The van der Waals surface area contributed by atoms with Crippen molar-refractivity contribution in [3.63, 3.8) is 0 Å². The van der Waals surface area contributed by atoms with Gasteiger partial charge in [0, 0.05) is 6.54 Å². The van der Waals surface area contributed by atoms with E-state index in [9.17, 15) is 9.59 Å². The molecule has 1 fully saturated rings. The Balaban J connectivity index is 2.27. The maximum Gasteiger partial charge on any atom is 0.332 e. The van der Waals surface area contributed by atoms with Gasteiger partial charge in [-0.05, 0) is 19.3 Å². The van der Waals surface area contributed by atoms with Gasteiger partial charge in [0.05, 0.1) is 0 Å². The smallest absolute Gasteiger partial charge is 0.332 e. The molecule has 0 radical (unpaired) electrons. The summed E-state index contributed by atoms with van der Waals surface area (Å²) in [5.41, 5.74) is 0. The predicted molar refractivity (Wildman–Crippen MR) is 53.4 cm³/mol. The Morgan fingerprint density at radius 2 is 2.07 bits per heavy atom. The highest BCUT2D eigenvalue weighted by atomic mass is 16.5. The van der Waals surface area contributed by atoms with Crippen LogP contribution in [0.3, 0.4) is 0 Å². The Hall–Kier alpha value is -1.10. The van der Waals surface area contributed by atoms with Crippen molar-refractivity contribution in [2.45, 2.75) is 44.8 Å². The second kappa shape index (κ2) is 5.70. The van der Waals surface area contributed by atoms with Crippen molar-refractivity contribution in [2.24, 2.45) is 0 Å². The first-order valence-corrected chi connectivity index (χ1v) is 5.31. The average Bonchev–Trinajstić information content (AvgIpc) is 2.66. The molecule has 1 aliphatic heterocycles. The first kappa shape index (κ1) is 12.0. The second-order valence-electron chi connectivity index (χ2n) is 3.67. The molecule has 0 aromatic rings. The molecule has 1 aliphatic rings. The van der Waals surface area contributed by atoms with E-state index in [1.807, 2.05) is 6.92 Å². The lowest BCUT2D eigenvalue weighted by Crippen LogP contribution is -2.36. The van der Waals surface area contributed by atoms with Gasteiger partial charge in [-0.15, -0.1) is 0 Å². The van der Waals surface area contributed by atoms with Crippen molar-refractivity contribution in [2.75, 3.05) is 6.54 Å². The van der Waals surface area contributed by atoms with Crippen molar-refractivity contribution in [3.8, 4) is 0 Å². The zero-order valence-electron chi connectivity index (χ0n) is 8.86. The number of rotatable bonds is 5. The van der Waals surface area contributed by atoms with Crippen molar-refractivity contribution >= 4 is 11.9 Å². The van der Waals surface area contributed by atoms with Crippen LogP contribution < -0.4 is 5.32 Å². The van der Waals surface area contributed by atoms with Gasteiger partial charge in [0.2, 0.25) is 5.91 Å². The summed E-state index contributed by atoms with van der Waals surface area (Å²) in [5, 5.41) is 11.4. The third-order valence-corrected chi connectivity index (χ3v) is 2.42. The van der Waals surface area contributed by atoms with Gasteiger partial charge in [0.15, 0.2) is 6.10 Å². The molecule has 1 amide bonds. The summed E-state index contributed by atoms with van der Waals surface area (Å²) in [7, 11) is 0. The van der Waals surface area contributed by atoms with E-state index in [-0.39, 0.29) is 5.91 Å². The number of aliphatic carboxylic acids is 1. The van der Waals surface area contributed by atoms with Gasteiger partial charge < -0.3 is 15.2 Å². The van der Waals surface area contributed by atoms with Crippen LogP contribution in [0.15, 0.2) is 0 Å². The zero-order valence-corrected chi connectivity index (χ0v) is 8.86. The number of carbonyl (C=O) groups is 2. The van der Waals surface area contributed by atoms with Crippen LogP contribution in [0.4, 0.5) is 0 Å². The van der Waals surface area contributed by atoms with E-state index in [1.165, 1.54) is 0 Å². The molecule has 0 bridgehead atoms. The predicted octanol–water partition coefficient (Wildman–Crippen LogP) is 0.535. The fraction of sp³-hybridized carbons (Fsp3) is 0.800. The fourth-order valence-corrected chi connectivity index (χ4v) is 1.51. The standard InChI is InChI=1S/C10H17NO4/c1-2-3-6-11-9(12)7-4-5-8(15-7)10(13)14/h7-8H,2-6H2,1H3,(H,11,12)(H,13,14). The lowest BCUT2D eigenvalue weighted by atomic mass is 10.2. The summed E-state index contributed by atoms with van der Waals surface area (Å²) >= 11 is 0. The van der Waals surface area contributed by atoms with Crippen LogP contribution >= 0.6 is 0 Å². The number of carbonyl (C=O) groups excluding carboxylic acids is 1. The first-order chi connectivity index (χ1) is 7.15. The Morgan fingerprint density at radius 3 is 2.60 bits per heavy atom. The molecule has 5 nitrogen and oxygen atoms in total. The van der Waals surface area contributed by atoms with Gasteiger partial charge >= 0.3 is 5.97 Å². The molecule has 1 saturated heterocycles. The molecule has 86 valence electrons. The van der Waals surface area contributed by atoms with Crippen LogP contribution in [0.2, 0.25) is 0 Å². The molecule has 0 aromatic carbocycles. The summed E-state index contributed by atoms with van der Waals surface area (Å²) in [5.74, 6) is -1.17. The number of carboxylic acids is 1. The molecular formula is C10H17NO4. The minimum absolute atomic E-state index is 0.188. The van der Waals surface area contributed by atoms with Crippen molar-refractivity contribution in [3.05, 3.63) is 0 Å². The lowest BCUT2D eigenvalue weighted by Gasteiger charge is -2.11. The molecule has 1 heterocycles. The van der Waals surface area contributed by atoms with Crippen molar-refractivity contribution < 1.29 is 19.4 Å². The Morgan fingerprint density at radius 1 is 1.40 bits per heavy atom. The highest BCUT2D eigenvalue weighted by Gasteiger charge is 2.34. The summed E-state index contributed by atoms with van der Waals surface area (Å²) in [6, 6.07) is 0. The molecule has 2 atom stereocenters. The molecular weight excluding hydrogens is 198 g/mol. The number of nitrogens with one attached hydrogen (secondary N) is 1. The SMILES string of the molecule is CCCCNC(=O)C1CCC(C(=O)O)O1. The van der Waals surface area contributed by atoms with Crippen molar-refractivity contribution in [1.82, 2.24) is 5.32 Å². The quantitative estimate of drug-likeness (QED) is 0.656. The zero-order chi connectivity index (χ0) is 11.3. The van der Waals surface area contributed by atoms with Gasteiger partial charge in [0.1, 0.15) is 6.10 Å². The Bertz CT molecular complexity index is 242. The third kappa shape index (κ3) is 3.51. The third-order valence-electron chi connectivity index (χ3n) is 2.42. The molecule has 0 saturated carbocycles. The van der Waals surface area contributed by atoms with E-state index in [1.54, 1.807) is 0 Å². The molecule has 1 rings (SSSR count). The average molecular weight is 215 g/mol. The van der Waals surface area contributed by atoms with E-state index in [0.717, 1.165) is 12.8 Å². The van der Waals surface area contributed by atoms with Crippen LogP contribution in [0.5, 0.6) is 0 Å². The Kier molecular flexibility index (Phi) is 4.55. The van der Waals surface area contributed by atoms with Gasteiger partial charge in [-0.2, -0.15) is 0 Å². The van der Waals surface area contributed by atoms with Gasteiger partial charge in [0.25, 0.3) is 0 Å². The van der Waals surface area contributed by atoms with Gasteiger partial charge in [-0.3, -0.25) is 4.79 Å². The Labute approximate surface area is 88.8 Å². The molecule has 2 unspecified atom stereocenters.